The zero-order valence-corrected chi connectivity index (χ0v) is 19.6. The summed E-state index contributed by atoms with van der Waals surface area (Å²) in [7, 11) is 2.19. The maximum Gasteiger partial charge on any atom is 0.200 e. The first-order valence-corrected chi connectivity index (χ1v) is 12.0. The molecule has 0 bridgehead atoms. The highest BCUT2D eigenvalue weighted by atomic mass is 15.4. The number of aromatic nitrogens is 5. The summed E-state index contributed by atoms with van der Waals surface area (Å²) in [5.74, 6) is 0.786. The van der Waals surface area contributed by atoms with Crippen molar-refractivity contribution < 1.29 is 0 Å². The van der Waals surface area contributed by atoms with Gasteiger partial charge >= 0.3 is 0 Å². The second-order valence-electron chi connectivity index (χ2n) is 9.31. The van der Waals surface area contributed by atoms with Gasteiger partial charge in [-0.2, -0.15) is 9.61 Å². The molecule has 1 saturated heterocycles. The Morgan fingerprint density at radius 2 is 1.71 bits per heavy atom. The lowest BCUT2D eigenvalue weighted by atomic mass is 10.1. The van der Waals surface area contributed by atoms with E-state index in [1.165, 1.54) is 16.5 Å². The Morgan fingerprint density at radius 3 is 2.53 bits per heavy atom. The lowest BCUT2D eigenvalue weighted by molar-refractivity contribution is 0.264. The second-order valence-corrected chi connectivity index (χ2v) is 9.31. The van der Waals surface area contributed by atoms with E-state index in [-0.39, 0.29) is 0 Å². The maximum absolute atomic E-state index is 4.99. The Morgan fingerprint density at radius 1 is 0.941 bits per heavy atom. The normalized spacial score (nSPS) is 15.4. The van der Waals surface area contributed by atoms with Gasteiger partial charge in [-0.25, -0.2) is 0 Å². The topological polar surface area (TPSA) is 63.3 Å². The van der Waals surface area contributed by atoms with Crippen LogP contribution in [0.5, 0.6) is 0 Å². The number of hydrogen-bond donors (Lipinski definition) is 1. The lowest BCUT2D eigenvalue weighted by Gasteiger charge is -2.30. The summed E-state index contributed by atoms with van der Waals surface area (Å²) in [5.41, 5.74) is 6.25. The molecule has 1 aliphatic heterocycles. The standard InChI is InChI=1S/C27H29N7/c1-19-29-30-27-24(28-22-12-14-32(2)15-13-22)17-23(31-34(19)27)26-16-21-10-6-7-11-25(21)33(26)18-20-8-4-3-5-9-20/h3-11,16-17,22,28H,12-15,18H2,1-2H3. The third-order valence-electron chi connectivity index (χ3n) is 6.86. The van der Waals surface area contributed by atoms with E-state index in [2.05, 4.69) is 98.8 Å². The van der Waals surface area contributed by atoms with Gasteiger partial charge in [0.05, 0.1) is 11.4 Å². The van der Waals surface area contributed by atoms with E-state index in [0.29, 0.717) is 6.04 Å². The van der Waals surface area contributed by atoms with Crippen LogP contribution in [0.2, 0.25) is 0 Å². The minimum atomic E-state index is 0.419. The van der Waals surface area contributed by atoms with Crippen molar-refractivity contribution in [1.82, 2.24) is 29.3 Å². The van der Waals surface area contributed by atoms with Crippen LogP contribution in [0, 0.1) is 6.92 Å². The molecular weight excluding hydrogens is 422 g/mol. The smallest absolute Gasteiger partial charge is 0.200 e. The Bertz CT molecular complexity index is 1440. The van der Waals surface area contributed by atoms with E-state index in [1.54, 1.807) is 0 Å². The number of aryl methyl sites for hydroxylation is 1. The average Bonchev–Trinajstić information content (AvgIpc) is 3.42. The molecule has 0 atom stereocenters. The van der Waals surface area contributed by atoms with Crippen LogP contribution in [0.15, 0.2) is 66.7 Å². The number of fused-ring (bicyclic) bond motifs is 2. The first kappa shape index (κ1) is 20.9. The Kier molecular flexibility index (Phi) is 5.26. The largest absolute Gasteiger partial charge is 0.379 e. The fourth-order valence-corrected chi connectivity index (χ4v) is 4.95. The Balaban J connectivity index is 1.48. The third-order valence-corrected chi connectivity index (χ3v) is 6.86. The van der Waals surface area contributed by atoms with Gasteiger partial charge in [-0.15, -0.1) is 10.2 Å². The van der Waals surface area contributed by atoms with Crippen LogP contribution in [0.25, 0.3) is 27.9 Å². The maximum atomic E-state index is 4.99. The van der Waals surface area contributed by atoms with Crippen LogP contribution in [0.1, 0.15) is 24.2 Å². The van der Waals surface area contributed by atoms with Crippen molar-refractivity contribution in [2.75, 3.05) is 25.5 Å². The van der Waals surface area contributed by atoms with E-state index < -0.39 is 0 Å². The van der Waals surface area contributed by atoms with Crippen molar-refractivity contribution in [3.8, 4) is 11.4 Å². The number of benzene rings is 2. The summed E-state index contributed by atoms with van der Waals surface area (Å²) in [6, 6.07) is 23.9. The van der Waals surface area contributed by atoms with Crippen molar-refractivity contribution in [2.24, 2.45) is 0 Å². The highest BCUT2D eigenvalue weighted by Gasteiger charge is 2.21. The molecule has 0 amide bonds. The van der Waals surface area contributed by atoms with E-state index in [1.807, 2.05) is 11.4 Å². The van der Waals surface area contributed by atoms with Gasteiger partial charge in [-0.1, -0.05) is 48.5 Å². The second kappa shape index (κ2) is 8.57. The summed E-state index contributed by atoms with van der Waals surface area (Å²) in [6.07, 6.45) is 2.23. The van der Waals surface area contributed by atoms with Gasteiger partial charge in [-0.05, 0) is 63.7 Å². The van der Waals surface area contributed by atoms with Gasteiger partial charge in [0.1, 0.15) is 5.69 Å². The van der Waals surface area contributed by atoms with Gasteiger partial charge in [-0.3, -0.25) is 0 Å². The van der Waals surface area contributed by atoms with Gasteiger partial charge in [0.15, 0.2) is 5.82 Å². The molecule has 1 aliphatic rings. The van der Waals surface area contributed by atoms with Crippen molar-refractivity contribution >= 4 is 22.2 Å². The van der Waals surface area contributed by atoms with Crippen LogP contribution in [-0.4, -0.2) is 55.5 Å². The molecule has 0 spiro atoms. The number of hydrogen-bond acceptors (Lipinski definition) is 5. The number of para-hydroxylation sites is 1. The van der Waals surface area contributed by atoms with Crippen LogP contribution in [0.4, 0.5) is 5.69 Å². The molecule has 0 aliphatic carbocycles. The molecule has 2 aromatic carbocycles. The molecule has 5 aromatic rings. The molecular formula is C27H29N7. The number of piperidine rings is 1. The molecule has 7 nitrogen and oxygen atoms in total. The molecule has 3 aromatic heterocycles. The minimum absolute atomic E-state index is 0.419. The van der Waals surface area contributed by atoms with E-state index in [4.69, 9.17) is 5.10 Å². The predicted octanol–water partition coefficient (Wildman–Crippen LogP) is 4.61. The zero-order valence-electron chi connectivity index (χ0n) is 19.6. The van der Waals surface area contributed by atoms with Crippen molar-refractivity contribution in [3.63, 3.8) is 0 Å². The summed E-state index contributed by atoms with van der Waals surface area (Å²) >= 11 is 0. The summed E-state index contributed by atoms with van der Waals surface area (Å²) in [5, 5.41) is 18.7. The molecule has 0 radical (unpaired) electrons. The number of likely N-dealkylation sites (tertiary alicyclic amines) is 1. The van der Waals surface area contributed by atoms with E-state index in [9.17, 15) is 0 Å². The van der Waals surface area contributed by atoms with Gasteiger partial charge in [0.25, 0.3) is 0 Å². The molecule has 172 valence electrons. The fourth-order valence-electron chi connectivity index (χ4n) is 4.95. The number of rotatable bonds is 5. The van der Waals surface area contributed by atoms with Crippen LogP contribution < -0.4 is 5.32 Å². The molecule has 6 rings (SSSR count). The Hall–Kier alpha value is -3.71. The lowest BCUT2D eigenvalue weighted by Crippen LogP contribution is -2.36. The monoisotopic (exact) mass is 451 g/mol. The van der Waals surface area contributed by atoms with Crippen molar-refractivity contribution in [1.29, 1.82) is 0 Å². The van der Waals surface area contributed by atoms with Crippen molar-refractivity contribution in [2.45, 2.75) is 32.4 Å². The highest BCUT2D eigenvalue weighted by molar-refractivity contribution is 5.87. The number of nitrogens with zero attached hydrogens (tertiary/aromatic N) is 6. The summed E-state index contributed by atoms with van der Waals surface area (Å²) in [6.45, 7) is 4.93. The molecule has 0 unspecified atom stereocenters. The molecule has 1 N–H and O–H groups in total. The first-order valence-electron chi connectivity index (χ1n) is 12.0. The van der Waals surface area contributed by atoms with Crippen LogP contribution in [-0.2, 0) is 6.54 Å². The van der Waals surface area contributed by atoms with Gasteiger partial charge in [0.2, 0.25) is 5.65 Å². The van der Waals surface area contributed by atoms with Crippen molar-refractivity contribution in [3.05, 3.63) is 78.1 Å². The number of anilines is 1. The zero-order chi connectivity index (χ0) is 23.1. The SMILES string of the molecule is Cc1nnc2c(NC3CCN(C)CC3)cc(-c3cc4ccccc4n3Cc3ccccc3)nn12. The minimum Gasteiger partial charge on any atom is -0.379 e. The average molecular weight is 452 g/mol. The highest BCUT2D eigenvalue weighted by Crippen LogP contribution is 2.31. The van der Waals surface area contributed by atoms with Crippen LogP contribution in [0.3, 0.4) is 0 Å². The van der Waals surface area contributed by atoms with Gasteiger partial charge < -0.3 is 14.8 Å². The molecule has 7 heteroatoms. The van der Waals surface area contributed by atoms with Gasteiger partial charge in [0, 0.05) is 23.5 Å². The molecule has 1 fully saturated rings. The predicted molar refractivity (Wildman–Crippen MR) is 136 cm³/mol. The van der Waals surface area contributed by atoms with E-state index >= 15 is 0 Å². The summed E-state index contributed by atoms with van der Waals surface area (Å²) < 4.78 is 4.23. The molecule has 34 heavy (non-hydrogen) atoms. The quantitative estimate of drug-likeness (QED) is 0.423. The Labute approximate surface area is 199 Å². The summed E-state index contributed by atoms with van der Waals surface area (Å²) in [4.78, 5) is 2.38. The molecule has 4 heterocycles. The van der Waals surface area contributed by atoms with E-state index in [0.717, 1.165) is 61.0 Å². The fraction of sp³-hybridized carbons (Fsp3) is 0.296. The van der Waals surface area contributed by atoms with Crippen LogP contribution >= 0.6 is 0 Å². The number of nitrogens with one attached hydrogen (secondary N) is 1. The third kappa shape index (κ3) is 3.82. The first-order chi connectivity index (χ1) is 16.7. The molecule has 0 saturated carbocycles.